The minimum Gasteiger partial charge on any atom is -0.338 e. The minimum atomic E-state index is -0.651. The standard InChI is InChI=1S/C18H28N4O2/c1-14(2)13-19-18(24)20-16(15-7-5-4-6-8-15)17(23)22-11-9-21(3)10-12-22/h4-8,14,16H,9-13H2,1-3H3,(H2,19,20,24). The van der Waals surface area contributed by atoms with Crippen LogP contribution in [0, 0.1) is 5.92 Å². The molecular weight excluding hydrogens is 304 g/mol. The number of nitrogens with zero attached hydrogens (tertiary/aromatic N) is 2. The van der Waals surface area contributed by atoms with Crippen molar-refractivity contribution in [3.8, 4) is 0 Å². The predicted octanol–water partition coefficient (Wildman–Crippen LogP) is 1.46. The molecule has 0 saturated carbocycles. The van der Waals surface area contributed by atoms with Gasteiger partial charge in [0, 0.05) is 32.7 Å². The van der Waals surface area contributed by atoms with Crippen molar-refractivity contribution in [1.29, 1.82) is 0 Å². The smallest absolute Gasteiger partial charge is 0.315 e. The van der Waals surface area contributed by atoms with Gasteiger partial charge < -0.3 is 20.4 Å². The summed E-state index contributed by atoms with van der Waals surface area (Å²) in [5, 5.41) is 5.66. The fraction of sp³-hybridized carbons (Fsp3) is 0.556. The maximum absolute atomic E-state index is 12.9. The molecule has 1 unspecified atom stereocenters. The number of piperazine rings is 1. The van der Waals surface area contributed by atoms with Crippen LogP contribution in [0.25, 0.3) is 0 Å². The van der Waals surface area contributed by atoms with E-state index in [2.05, 4.69) is 15.5 Å². The van der Waals surface area contributed by atoms with E-state index in [1.807, 2.05) is 56.1 Å². The summed E-state index contributed by atoms with van der Waals surface area (Å²) >= 11 is 0. The van der Waals surface area contributed by atoms with Crippen LogP contribution in [-0.4, -0.2) is 61.5 Å². The highest BCUT2D eigenvalue weighted by Crippen LogP contribution is 2.17. The van der Waals surface area contributed by atoms with Gasteiger partial charge in [-0.25, -0.2) is 4.79 Å². The summed E-state index contributed by atoms with van der Waals surface area (Å²) in [6, 6.07) is 8.46. The topological polar surface area (TPSA) is 64.7 Å². The number of carbonyl (C=O) groups is 2. The predicted molar refractivity (Wildman–Crippen MR) is 94.6 cm³/mol. The molecule has 132 valence electrons. The summed E-state index contributed by atoms with van der Waals surface area (Å²) in [6.45, 7) is 7.73. The lowest BCUT2D eigenvalue weighted by Crippen LogP contribution is -2.52. The molecule has 1 aromatic carbocycles. The zero-order valence-corrected chi connectivity index (χ0v) is 14.8. The van der Waals surface area contributed by atoms with Gasteiger partial charge in [-0.1, -0.05) is 44.2 Å². The minimum absolute atomic E-state index is 0.0472. The maximum Gasteiger partial charge on any atom is 0.315 e. The SMILES string of the molecule is CC(C)CNC(=O)NC(C(=O)N1CCN(C)CC1)c1ccccc1. The number of benzene rings is 1. The van der Waals surface area contributed by atoms with E-state index in [4.69, 9.17) is 0 Å². The van der Waals surface area contributed by atoms with Crippen LogP contribution in [0.4, 0.5) is 4.79 Å². The summed E-state index contributed by atoms with van der Waals surface area (Å²) in [5.41, 5.74) is 0.807. The van der Waals surface area contributed by atoms with Gasteiger partial charge in [0.25, 0.3) is 0 Å². The first-order valence-electron chi connectivity index (χ1n) is 8.54. The zero-order chi connectivity index (χ0) is 17.5. The Labute approximate surface area is 144 Å². The molecule has 1 atom stereocenters. The molecule has 0 radical (unpaired) electrons. The number of nitrogens with one attached hydrogen (secondary N) is 2. The van der Waals surface area contributed by atoms with Crippen LogP contribution in [0.5, 0.6) is 0 Å². The molecule has 1 heterocycles. The number of carbonyl (C=O) groups excluding carboxylic acids is 2. The van der Waals surface area contributed by atoms with Gasteiger partial charge in [-0.2, -0.15) is 0 Å². The van der Waals surface area contributed by atoms with Gasteiger partial charge in [0.05, 0.1) is 0 Å². The van der Waals surface area contributed by atoms with E-state index >= 15 is 0 Å². The van der Waals surface area contributed by atoms with Crippen molar-refractivity contribution in [2.75, 3.05) is 39.8 Å². The summed E-state index contributed by atoms with van der Waals surface area (Å²) in [4.78, 5) is 29.1. The summed E-state index contributed by atoms with van der Waals surface area (Å²) in [6.07, 6.45) is 0. The van der Waals surface area contributed by atoms with Crippen LogP contribution < -0.4 is 10.6 Å². The van der Waals surface area contributed by atoms with Crippen LogP contribution in [0.2, 0.25) is 0 Å². The van der Waals surface area contributed by atoms with Crippen LogP contribution in [0.15, 0.2) is 30.3 Å². The quantitative estimate of drug-likeness (QED) is 0.858. The van der Waals surface area contributed by atoms with E-state index in [0.717, 1.165) is 18.7 Å². The molecule has 1 fully saturated rings. The maximum atomic E-state index is 12.9. The Balaban J connectivity index is 2.08. The van der Waals surface area contributed by atoms with Crippen molar-refractivity contribution < 1.29 is 9.59 Å². The lowest BCUT2D eigenvalue weighted by Gasteiger charge is -2.35. The second-order valence-corrected chi connectivity index (χ2v) is 6.72. The summed E-state index contributed by atoms with van der Waals surface area (Å²) < 4.78 is 0. The van der Waals surface area contributed by atoms with Crippen molar-refractivity contribution in [2.24, 2.45) is 5.92 Å². The number of urea groups is 1. The van der Waals surface area contributed by atoms with Gasteiger partial charge in [0.15, 0.2) is 0 Å². The fourth-order valence-electron chi connectivity index (χ4n) is 2.62. The molecule has 24 heavy (non-hydrogen) atoms. The Morgan fingerprint density at radius 3 is 2.29 bits per heavy atom. The average Bonchev–Trinajstić information content (AvgIpc) is 2.58. The highest BCUT2D eigenvalue weighted by Gasteiger charge is 2.29. The largest absolute Gasteiger partial charge is 0.338 e. The molecule has 0 aliphatic carbocycles. The van der Waals surface area contributed by atoms with E-state index < -0.39 is 6.04 Å². The highest BCUT2D eigenvalue weighted by molar-refractivity contribution is 5.88. The van der Waals surface area contributed by atoms with Gasteiger partial charge in [0.2, 0.25) is 5.91 Å². The Hall–Kier alpha value is -2.08. The van der Waals surface area contributed by atoms with Crippen molar-refractivity contribution in [3.05, 3.63) is 35.9 Å². The molecule has 1 aromatic rings. The molecule has 6 heteroatoms. The monoisotopic (exact) mass is 332 g/mol. The van der Waals surface area contributed by atoms with Crippen LogP contribution in [0.3, 0.4) is 0 Å². The number of hydrogen-bond donors (Lipinski definition) is 2. The second kappa shape index (κ2) is 8.68. The number of amides is 3. The first kappa shape index (κ1) is 18.3. The molecule has 0 aromatic heterocycles. The summed E-state index contributed by atoms with van der Waals surface area (Å²) in [7, 11) is 2.05. The third kappa shape index (κ3) is 5.23. The number of hydrogen-bond acceptors (Lipinski definition) is 3. The molecule has 3 amide bonds. The highest BCUT2D eigenvalue weighted by atomic mass is 16.2. The molecule has 1 aliphatic heterocycles. The summed E-state index contributed by atoms with van der Waals surface area (Å²) in [5.74, 6) is 0.313. The third-order valence-corrected chi connectivity index (χ3v) is 4.14. The van der Waals surface area contributed by atoms with Gasteiger partial charge in [-0.05, 0) is 18.5 Å². The van der Waals surface area contributed by atoms with E-state index in [9.17, 15) is 9.59 Å². The number of rotatable bonds is 5. The van der Waals surface area contributed by atoms with E-state index in [0.29, 0.717) is 25.6 Å². The molecular formula is C18H28N4O2. The Morgan fingerprint density at radius 1 is 1.08 bits per heavy atom. The van der Waals surface area contributed by atoms with E-state index in [-0.39, 0.29) is 11.9 Å². The average molecular weight is 332 g/mol. The van der Waals surface area contributed by atoms with Gasteiger partial charge >= 0.3 is 6.03 Å². The molecule has 6 nitrogen and oxygen atoms in total. The van der Waals surface area contributed by atoms with E-state index in [1.165, 1.54) is 0 Å². The van der Waals surface area contributed by atoms with E-state index in [1.54, 1.807) is 0 Å². The first-order chi connectivity index (χ1) is 11.5. The number of likely N-dealkylation sites (N-methyl/N-ethyl adjacent to an activating group) is 1. The molecule has 2 N–H and O–H groups in total. The van der Waals surface area contributed by atoms with Crippen LogP contribution in [0.1, 0.15) is 25.5 Å². The Bertz CT molecular complexity index is 539. The van der Waals surface area contributed by atoms with Crippen molar-refractivity contribution in [1.82, 2.24) is 20.4 Å². The lowest BCUT2D eigenvalue weighted by molar-refractivity contribution is -0.135. The fourth-order valence-corrected chi connectivity index (χ4v) is 2.62. The Morgan fingerprint density at radius 2 is 1.71 bits per heavy atom. The van der Waals surface area contributed by atoms with Gasteiger partial charge in [-0.15, -0.1) is 0 Å². The van der Waals surface area contributed by atoms with Gasteiger partial charge in [0.1, 0.15) is 6.04 Å². The molecule has 1 saturated heterocycles. The zero-order valence-electron chi connectivity index (χ0n) is 14.8. The van der Waals surface area contributed by atoms with Crippen LogP contribution in [-0.2, 0) is 4.79 Å². The van der Waals surface area contributed by atoms with Crippen molar-refractivity contribution in [2.45, 2.75) is 19.9 Å². The Kier molecular flexibility index (Phi) is 6.61. The lowest BCUT2D eigenvalue weighted by atomic mass is 10.1. The second-order valence-electron chi connectivity index (χ2n) is 6.72. The van der Waals surface area contributed by atoms with Gasteiger partial charge in [-0.3, -0.25) is 4.79 Å². The van der Waals surface area contributed by atoms with Crippen LogP contribution >= 0.6 is 0 Å². The third-order valence-electron chi connectivity index (χ3n) is 4.14. The van der Waals surface area contributed by atoms with Crippen molar-refractivity contribution in [3.63, 3.8) is 0 Å². The van der Waals surface area contributed by atoms with Crippen molar-refractivity contribution >= 4 is 11.9 Å². The molecule has 1 aliphatic rings. The first-order valence-corrected chi connectivity index (χ1v) is 8.54. The molecule has 2 rings (SSSR count). The molecule has 0 bridgehead atoms. The normalized spacial score (nSPS) is 16.8. The molecule has 0 spiro atoms.